The summed E-state index contributed by atoms with van der Waals surface area (Å²) in [5.74, 6) is -0.675. The number of hydrogen-bond donors (Lipinski definition) is 2. The first-order valence-corrected chi connectivity index (χ1v) is 12.2. The molecule has 0 aliphatic heterocycles. The molecular weight excluding hydrogens is 430 g/mol. The first-order chi connectivity index (χ1) is 15.5. The fraction of sp³-hybridized carbons (Fsp3) is 0.667. The molecule has 0 saturated heterocycles. The second kappa shape index (κ2) is 10.4. The zero-order valence-electron chi connectivity index (χ0n) is 22.5. The van der Waals surface area contributed by atoms with Gasteiger partial charge in [0.15, 0.2) is 0 Å². The van der Waals surface area contributed by atoms with Gasteiger partial charge in [-0.1, -0.05) is 37.6 Å². The van der Waals surface area contributed by atoms with Gasteiger partial charge in [-0.3, -0.25) is 9.59 Å². The number of nitrogens with zero attached hydrogens (tertiary/aromatic N) is 1. The van der Waals surface area contributed by atoms with Crippen molar-refractivity contribution in [3.05, 3.63) is 34.9 Å². The Hall–Kier alpha value is -2.57. The van der Waals surface area contributed by atoms with Gasteiger partial charge in [0.05, 0.1) is 0 Å². The van der Waals surface area contributed by atoms with Crippen LogP contribution in [0.4, 0.5) is 4.79 Å². The molecule has 0 heterocycles. The first-order valence-electron chi connectivity index (χ1n) is 12.2. The molecule has 0 spiro atoms. The lowest BCUT2D eigenvalue weighted by atomic mass is 9.94. The van der Waals surface area contributed by atoms with E-state index in [4.69, 9.17) is 4.74 Å². The van der Waals surface area contributed by atoms with E-state index in [1.807, 2.05) is 66.7 Å². The zero-order chi connectivity index (χ0) is 26.0. The average molecular weight is 474 g/mol. The van der Waals surface area contributed by atoms with Crippen LogP contribution in [-0.4, -0.2) is 46.0 Å². The first kappa shape index (κ1) is 27.7. The van der Waals surface area contributed by atoms with E-state index in [1.165, 1.54) is 0 Å². The molecule has 1 aliphatic carbocycles. The van der Waals surface area contributed by atoms with Crippen molar-refractivity contribution < 1.29 is 19.1 Å². The predicted octanol–water partition coefficient (Wildman–Crippen LogP) is 4.80. The molecule has 7 heteroatoms. The Labute approximate surface area is 205 Å². The fourth-order valence-electron chi connectivity index (χ4n) is 3.89. The number of nitrogens with one attached hydrogen (secondary N) is 2. The molecule has 0 bridgehead atoms. The zero-order valence-corrected chi connectivity index (χ0v) is 22.5. The minimum atomic E-state index is -0.814. The Bertz CT molecular complexity index is 907. The summed E-state index contributed by atoms with van der Waals surface area (Å²) >= 11 is 0. The molecule has 2 N–H and O–H groups in total. The topological polar surface area (TPSA) is 87.7 Å². The number of carbonyl (C=O) groups excluding carboxylic acids is 3. The van der Waals surface area contributed by atoms with Crippen molar-refractivity contribution in [3.8, 4) is 0 Å². The normalized spacial score (nSPS) is 16.0. The number of ether oxygens (including phenoxy) is 1. The molecule has 2 unspecified atom stereocenters. The number of alkyl carbamates (subject to hydrolysis) is 1. The fourth-order valence-corrected chi connectivity index (χ4v) is 3.89. The van der Waals surface area contributed by atoms with Crippen LogP contribution in [0.2, 0.25) is 0 Å². The molecule has 1 aromatic carbocycles. The van der Waals surface area contributed by atoms with E-state index in [2.05, 4.69) is 10.6 Å². The van der Waals surface area contributed by atoms with E-state index in [9.17, 15) is 14.4 Å². The largest absolute Gasteiger partial charge is 0.444 e. The van der Waals surface area contributed by atoms with Crippen LogP contribution in [-0.2, 0) is 14.3 Å². The molecular formula is C27H43N3O4. The Morgan fingerprint density at radius 3 is 2.09 bits per heavy atom. The maximum absolute atomic E-state index is 14.0. The average Bonchev–Trinajstić information content (AvgIpc) is 3.47. The van der Waals surface area contributed by atoms with Crippen LogP contribution in [0, 0.1) is 19.8 Å². The molecule has 1 aliphatic rings. The molecule has 190 valence electrons. The third-order valence-electron chi connectivity index (χ3n) is 5.55. The van der Waals surface area contributed by atoms with Crippen molar-refractivity contribution in [3.63, 3.8) is 0 Å². The highest BCUT2D eigenvalue weighted by atomic mass is 16.6. The predicted molar refractivity (Wildman–Crippen MR) is 134 cm³/mol. The Morgan fingerprint density at radius 2 is 1.62 bits per heavy atom. The summed E-state index contributed by atoms with van der Waals surface area (Å²) in [4.78, 5) is 42.0. The summed E-state index contributed by atoms with van der Waals surface area (Å²) in [7, 11) is 0. The summed E-state index contributed by atoms with van der Waals surface area (Å²) in [6.07, 6.45) is 1.01. The minimum Gasteiger partial charge on any atom is -0.444 e. The van der Waals surface area contributed by atoms with Crippen LogP contribution in [0.15, 0.2) is 18.2 Å². The van der Waals surface area contributed by atoms with Gasteiger partial charge >= 0.3 is 6.09 Å². The van der Waals surface area contributed by atoms with Crippen molar-refractivity contribution in [1.29, 1.82) is 0 Å². The van der Waals surface area contributed by atoms with E-state index in [0.29, 0.717) is 0 Å². The highest BCUT2D eigenvalue weighted by Gasteiger charge is 2.45. The molecule has 3 amide bonds. The number of hydrogen-bond acceptors (Lipinski definition) is 4. The number of amides is 3. The lowest BCUT2D eigenvalue weighted by Gasteiger charge is -2.37. The molecule has 1 saturated carbocycles. The second-order valence-electron chi connectivity index (χ2n) is 11.8. The third-order valence-corrected chi connectivity index (χ3v) is 5.55. The van der Waals surface area contributed by atoms with E-state index in [0.717, 1.165) is 29.5 Å². The Balaban J connectivity index is 2.51. The van der Waals surface area contributed by atoms with Crippen molar-refractivity contribution in [2.45, 2.75) is 111 Å². The number of rotatable bonds is 7. The maximum Gasteiger partial charge on any atom is 0.408 e. The Morgan fingerprint density at radius 1 is 1.03 bits per heavy atom. The van der Waals surface area contributed by atoms with Gasteiger partial charge < -0.3 is 20.3 Å². The maximum atomic E-state index is 14.0. The van der Waals surface area contributed by atoms with Crippen LogP contribution in [0.1, 0.15) is 91.0 Å². The highest BCUT2D eigenvalue weighted by molar-refractivity contribution is 5.93. The quantitative estimate of drug-likeness (QED) is 0.595. The van der Waals surface area contributed by atoms with E-state index in [1.54, 1.807) is 25.7 Å². The summed E-state index contributed by atoms with van der Waals surface area (Å²) in [6, 6.07) is 4.31. The SMILES string of the molecule is Cc1ccc(C)c(C(C(=O)NC(C)(C)C)N(C(=O)C(NC(=O)OC(C)(C)C)C(C)C)C2CC2)c1. The van der Waals surface area contributed by atoms with Gasteiger partial charge in [-0.05, 0) is 85.3 Å². The van der Waals surface area contributed by atoms with Crippen LogP contribution in [0.5, 0.6) is 0 Å². The van der Waals surface area contributed by atoms with Crippen LogP contribution in [0.25, 0.3) is 0 Å². The summed E-state index contributed by atoms with van der Waals surface area (Å²) in [5.41, 5.74) is 1.63. The molecule has 1 aromatic rings. The van der Waals surface area contributed by atoms with Gasteiger partial charge in [0.2, 0.25) is 11.8 Å². The van der Waals surface area contributed by atoms with Crippen LogP contribution >= 0.6 is 0 Å². The molecule has 0 aromatic heterocycles. The molecule has 1 fully saturated rings. The molecule has 2 atom stereocenters. The Kier molecular flexibility index (Phi) is 8.43. The summed E-state index contributed by atoms with van der Waals surface area (Å²) in [6.45, 7) is 18.8. The molecule has 34 heavy (non-hydrogen) atoms. The van der Waals surface area contributed by atoms with Crippen molar-refractivity contribution >= 4 is 17.9 Å². The monoisotopic (exact) mass is 473 g/mol. The van der Waals surface area contributed by atoms with Crippen molar-refractivity contribution in [2.75, 3.05) is 0 Å². The lowest BCUT2D eigenvalue weighted by molar-refractivity contribution is -0.144. The molecule has 0 radical (unpaired) electrons. The third kappa shape index (κ3) is 7.74. The minimum absolute atomic E-state index is 0.0511. The van der Waals surface area contributed by atoms with Crippen LogP contribution < -0.4 is 10.6 Å². The standard InChI is InChI=1S/C27H43N3O4/c1-16(2)21(28-25(33)34-27(8,9)10)24(32)30(19-13-14-19)22(23(31)29-26(5,6)7)20-15-17(3)11-12-18(20)4/h11-12,15-16,19,21-22H,13-14H2,1-10H3,(H,28,33)(H,29,31). The van der Waals surface area contributed by atoms with Crippen molar-refractivity contribution in [2.24, 2.45) is 5.92 Å². The van der Waals surface area contributed by atoms with Gasteiger partial charge in [-0.15, -0.1) is 0 Å². The summed E-state index contributed by atoms with van der Waals surface area (Å²) in [5, 5.41) is 5.85. The van der Waals surface area contributed by atoms with E-state index in [-0.39, 0.29) is 23.8 Å². The lowest BCUT2D eigenvalue weighted by Crippen LogP contribution is -2.56. The molecule has 2 rings (SSSR count). The van der Waals surface area contributed by atoms with E-state index < -0.39 is 29.3 Å². The van der Waals surface area contributed by atoms with Gasteiger partial charge in [0, 0.05) is 11.6 Å². The van der Waals surface area contributed by atoms with Gasteiger partial charge in [0.25, 0.3) is 0 Å². The van der Waals surface area contributed by atoms with E-state index >= 15 is 0 Å². The second-order valence-corrected chi connectivity index (χ2v) is 11.8. The number of carbonyl (C=O) groups is 3. The number of aryl methyl sites for hydroxylation is 2. The summed E-state index contributed by atoms with van der Waals surface area (Å²) < 4.78 is 5.42. The number of benzene rings is 1. The van der Waals surface area contributed by atoms with Gasteiger partial charge in [0.1, 0.15) is 17.7 Å². The van der Waals surface area contributed by atoms with Crippen LogP contribution in [0.3, 0.4) is 0 Å². The highest BCUT2D eigenvalue weighted by Crippen LogP contribution is 2.37. The van der Waals surface area contributed by atoms with Crippen molar-refractivity contribution in [1.82, 2.24) is 15.5 Å². The smallest absolute Gasteiger partial charge is 0.408 e. The van der Waals surface area contributed by atoms with Gasteiger partial charge in [-0.25, -0.2) is 4.79 Å². The van der Waals surface area contributed by atoms with Gasteiger partial charge in [-0.2, -0.15) is 0 Å². The molecule has 7 nitrogen and oxygen atoms in total.